The monoisotopic (exact) mass is 377 g/mol. The fraction of sp³-hybridized carbons (Fsp3) is 0.474. The second kappa shape index (κ2) is 7.09. The minimum absolute atomic E-state index is 0.411. The van der Waals surface area contributed by atoms with E-state index < -0.39 is 11.7 Å². The second-order valence-electron chi connectivity index (χ2n) is 7.30. The first-order valence-corrected chi connectivity index (χ1v) is 9.15. The summed E-state index contributed by atoms with van der Waals surface area (Å²) in [6.07, 6.45) is -0.266. The van der Waals surface area contributed by atoms with Crippen LogP contribution in [-0.4, -0.2) is 33.5 Å². The maximum Gasteiger partial charge on any atom is 0.416 e. The normalized spacial score (nSPS) is 23.3. The average Bonchev–Trinajstić information content (AvgIpc) is 3.05. The zero-order valence-corrected chi connectivity index (χ0v) is 15.1. The first-order valence-electron chi connectivity index (χ1n) is 9.15. The van der Waals surface area contributed by atoms with Crippen molar-refractivity contribution in [1.82, 2.24) is 20.2 Å². The topological polar surface area (TPSA) is 53.1 Å². The molecule has 4 rings (SSSR count). The summed E-state index contributed by atoms with van der Waals surface area (Å²) in [4.78, 5) is 11.4. The van der Waals surface area contributed by atoms with Crippen LogP contribution in [0.1, 0.15) is 36.6 Å². The lowest BCUT2D eigenvalue weighted by molar-refractivity contribution is -0.137. The molecular weight excluding hydrogens is 355 g/mol. The van der Waals surface area contributed by atoms with E-state index in [0.29, 0.717) is 23.7 Å². The third kappa shape index (κ3) is 4.06. The number of nitrogens with zero attached hydrogens (tertiary/aromatic N) is 3. The summed E-state index contributed by atoms with van der Waals surface area (Å²) >= 11 is 0. The molecule has 1 fully saturated rings. The van der Waals surface area contributed by atoms with Crippen molar-refractivity contribution in [1.29, 1.82) is 0 Å². The fourth-order valence-corrected chi connectivity index (χ4v) is 3.81. The molecule has 27 heavy (non-hydrogen) atoms. The highest BCUT2D eigenvalue weighted by atomic mass is 19.4. The maximum absolute atomic E-state index is 12.7. The van der Waals surface area contributed by atoms with Gasteiger partial charge in [0.05, 0.1) is 11.3 Å². The molecule has 0 unspecified atom stereocenters. The number of benzene rings is 1. The Balaban J connectivity index is 1.43. The van der Waals surface area contributed by atoms with Crippen molar-refractivity contribution in [2.45, 2.75) is 51.1 Å². The van der Waals surface area contributed by atoms with Crippen molar-refractivity contribution in [3.8, 4) is 0 Å². The van der Waals surface area contributed by atoms with Crippen LogP contribution < -0.4 is 10.6 Å². The fourth-order valence-electron chi connectivity index (χ4n) is 3.81. The van der Waals surface area contributed by atoms with Gasteiger partial charge in [0, 0.05) is 42.6 Å². The number of hydrogen-bond acceptors (Lipinski definition) is 5. The van der Waals surface area contributed by atoms with Crippen LogP contribution in [0.2, 0.25) is 0 Å². The average molecular weight is 377 g/mol. The summed E-state index contributed by atoms with van der Waals surface area (Å²) < 4.78 is 38.0. The molecule has 1 aromatic heterocycles. The molecular formula is C19H22F3N5. The van der Waals surface area contributed by atoms with E-state index in [9.17, 15) is 13.2 Å². The Labute approximate surface area is 156 Å². The SMILES string of the molecule is C[C@@H]1C[C@H](N2Cc3cnc(Nc4ccc(C(F)(F)F)cc4)nc3C2)CCN1. The summed E-state index contributed by atoms with van der Waals surface area (Å²) in [6.45, 7) is 4.89. The highest BCUT2D eigenvalue weighted by molar-refractivity contribution is 5.54. The highest BCUT2D eigenvalue weighted by Crippen LogP contribution is 2.31. The van der Waals surface area contributed by atoms with Gasteiger partial charge in [-0.3, -0.25) is 4.90 Å². The molecule has 0 amide bonds. The lowest BCUT2D eigenvalue weighted by atomic mass is 9.99. The van der Waals surface area contributed by atoms with Crippen LogP contribution in [-0.2, 0) is 19.3 Å². The van der Waals surface area contributed by atoms with Gasteiger partial charge in [-0.25, -0.2) is 9.97 Å². The number of nitrogens with one attached hydrogen (secondary N) is 2. The Kier molecular flexibility index (Phi) is 4.77. The molecule has 144 valence electrons. The third-order valence-electron chi connectivity index (χ3n) is 5.26. The summed E-state index contributed by atoms with van der Waals surface area (Å²) in [6, 6.07) is 5.95. The van der Waals surface area contributed by atoms with E-state index in [4.69, 9.17) is 0 Å². The van der Waals surface area contributed by atoms with Crippen molar-refractivity contribution in [2.24, 2.45) is 0 Å². The van der Waals surface area contributed by atoms with E-state index in [2.05, 4.69) is 32.4 Å². The standard InChI is InChI=1S/C19H22F3N5/c1-12-8-16(6-7-23-12)27-10-13-9-24-18(26-17(13)11-27)25-15-4-2-14(3-5-15)19(20,21)22/h2-5,9,12,16,23H,6-8,10-11H2,1H3,(H,24,25,26)/t12-,16-/m1/s1. The number of hydrogen-bond donors (Lipinski definition) is 2. The van der Waals surface area contributed by atoms with Crippen LogP contribution in [0.3, 0.4) is 0 Å². The van der Waals surface area contributed by atoms with Gasteiger partial charge in [-0.15, -0.1) is 0 Å². The lowest BCUT2D eigenvalue weighted by Crippen LogP contribution is -2.45. The number of alkyl halides is 3. The second-order valence-corrected chi connectivity index (χ2v) is 7.30. The van der Waals surface area contributed by atoms with E-state index in [1.165, 1.54) is 12.1 Å². The minimum atomic E-state index is -4.34. The molecule has 0 aliphatic carbocycles. The Morgan fingerprint density at radius 1 is 1.19 bits per heavy atom. The lowest BCUT2D eigenvalue weighted by Gasteiger charge is -2.34. The van der Waals surface area contributed by atoms with E-state index >= 15 is 0 Å². The zero-order valence-electron chi connectivity index (χ0n) is 15.1. The van der Waals surface area contributed by atoms with Gasteiger partial charge in [-0.2, -0.15) is 13.2 Å². The molecule has 2 N–H and O–H groups in total. The zero-order chi connectivity index (χ0) is 19.0. The van der Waals surface area contributed by atoms with Crippen LogP contribution in [0.4, 0.5) is 24.8 Å². The van der Waals surface area contributed by atoms with Crippen LogP contribution in [0.15, 0.2) is 30.5 Å². The molecule has 0 spiro atoms. The van der Waals surface area contributed by atoms with Gasteiger partial charge in [0.25, 0.3) is 0 Å². The molecule has 0 radical (unpaired) electrons. The summed E-state index contributed by atoms with van der Waals surface area (Å²) in [5.74, 6) is 0.411. The van der Waals surface area contributed by atoms with Crippen molar-refractivity contribution in [2.75, 3.05) is 11.9 Å². The van der Waals surface area contributed by atoms with E-state index in [1.54, 1.807) is 0 Å². The molecule has 2 aliphatic rings. The van der Waals surface area contributed by atoms with E-state index in [-0.39, 0.29) is 0 Å². The van der Waals surface area contributed by atoms with E-state index in [0.717, 1.165) is 55.9 Å². The van der Waals surface area contributed by atoms with Gasteiger partial charge in [-0.1, -0.05) is 0 Å². The molecule has 2 aliphatic heterocycles. The third-order valence-corrected chi connectivity index (χ3v) is 5.26. The Morgan fingerprint density at radius 2 is 1.96 bits per heavy atom. The van der Waals surface area contributed by atoms with Gasteiger partial charge >= 0.3 is 6.18 Å². The number of piperidine rings is 1. The predicted molar refractivity (Wildman–Crippen MR) is 96.5 cm³/mol. The van der Waals surface area contributed by atoms with Crippen molar-refractivity contribution < 1.29 is 13.2 Å². The number of aromatic nitrogens is 2. The maximum atomic E-state index is 12.7. The molecule has 5 nitrogen and oxygen atoms in total. The summed E-state index contributed by atoms with van der Waals surface area (Å²) in [5.41, 5.74) is 1.98. The van der Waals surface area contributed by atoms with Crippen molar-refractivity contribution >= 4 is 11.6 Å². The van der Waals surface area contributed by atoms with Gasteiger partial charge in [0.15, 0.2) is 0 Å². The first kappa shape index (κ1) is 18.2. The minimum Gasteiger partial charge on any atom is -0.324 e. The van der Waals surface area contributed by atoms with Crippen molar-refractivity contribution in [3.63, 3.8) is 0 Å². The van der Waals surface area contributed by atoms with Crippen molar-refractivity contribution in [3.05, 3.63) is 47.3 Å². The molecule has 1 saturated heterocycles. The van der Waals surface area contributed by atoms with Gasteiger partial charge in [0.1, 0.15) is 0 Å². The molecule has 0 bridgehead atoms. The summed E-state index contributed by atoms with van der Waals surface area (Å²) in [5, 5.41) is 6.47. The number of rotatable bonds is 3. The Hall–Kier alpha value is -2.19. The molecule has 2 aromatic rings. The van der Waals surface area contributed by atoms with Crippen LogP contribution >= 0.6 is 0 Å². The molecule has 3 heterocycles. The van der Waals surface area contributed by atoms with Crippen LogP contribution in [0.5, 0.6) is 0 Å². The molecule has 0 saturated carbocycles. The number of halogens is 3. The van der Waals surface area contributed by atoms with Gasteiger partial charge in [0.2, 0.25) is 5.95 Å². The van der Waals surface area contributed by atoms with E-state index in [1.807, 2.05) is 6.20 Å². The van der Waals surface area contributed by atoms with Crippen LogP contribution in [0, 0.1) is 0 Å². The Morgan fingerprint density at radius 3 is 2.67 bits per heavy atom. The quantitative estimate of drug-likeness (QED) is 0.854. The smallest absolute Gasteiger partial charge is 0.324 e. The predicted octanol–water partition coefficient (Wildman–Crippen LogP) is 3.70. The first-order chi connectivity index (χ1) is 12.9. The number of fused-ring (bicyclic) bond motifs is 1. The van der Waals surface area contributed by atoms with Crippen LogP contribution in [0.25, 0.3) is 0 Å². The van der Waals surface area contributed by atoms with Gasteiger partial charge < -0.3 is 10.6 Å². The summed E-state index contributed by atoms with van der Waals surface area (Å²) in [7, 11) is 0. The molecule has 1 aromatic carbocycles. The molecule has 8 heteroatoms. The number of anilines is 2. The Bertz CT molecular complexity index is 806. The molecule has 2 atom stereocenters. The highest BCUT2D eigenvalue weighted by Gasteiger charge is 2.31. The largest absolute Gasteiger partial charge is 0.416 e. The van der Waals surface area contributed by atoms with Gasteiger partial charge in [-0.05, 0) is 50.6 Å².